The second-order valence-corrected chi connectivity index (χ2v) is 8.22. The summed E-state index contributed by atoms with van der Waals surface area (Å²) in [6.07, 6.45) is 1.58. The van der Waals surface area contributed by atoms with E-state index in [4.69, 9.17) is 16.3 Å². The van der Waals surface area contributed by atoms with Gasteiger partial charge in [-0.1, -0.05) is 49.7 Å². The van der Waals surface area contributed by atoms with E-state index in [0.717, 1.165) is 36.3 Å². The first-order chi connectivity index (χ1) is 13.4. The summed E-state index contributed by atoms with van der Waals surface area (Å²) in [7, 11) is 1.65. The molecule has 2 unspecified atom stereocenters. The smallest absolute Gasteiger partial charge is 0.307 e. The fourth-order valence-corrected chi connectivity index (χ4v) is 4.19. The number of hydrogen-bond acceptors (Lipinski definition) is 3. The first kappa shape index (κ1) is 20.7. The molecule has 2 atom stereocenters. The van der Waals surface area contributed by atoms with Gasteiger partial charge in [-0.2, -0.15) is 0 Å². The number of hydrogen-bond donors (Lipinski definition) is 1. The van der Waals surface area contributed by atoms with Crippen molar-refractivity contribution in [1.29, 1.82) is 0 Å². The molecule has 1 aliphatic rings. The van der Waals surface area contributed by atoms with Crippen LogP contribution in [0.25, 0.3) is 0 Å². The Kier molecular flexibility index (Phi) is 6.63. The second kappa shape index (κ2) is 8.97. The molecule has 0 aromatic heterocycles. The molecular weight excluding hydrogens is 374 g/mol. The van der Waals surface area contributed by atoms with Gasteiger partial charge in [0.15, 0.2) is 0 Å². The van der Waals surface area contributed by atoms with Crippen molar-refractivity contribution >= 4 is 17.6 Å². The first-order valence-corrected chi connectivity index (χ1v) is 10.2. The van der Waals surface area contributed by atoms with Gasteiger partial charge in [-0.15, -0.1) is 0 Å². The van der Waals surface area contributed by atoms with Gasteiger partial charge in [0.2, 0.25) is 0 Å². The minimum Gasteiger partial charge on any atom is -0.496 e. The van der Waals surface area contributed by atoms with Crippen LogP contribution in [0.3, 0.4) is 0 Å². The molecule has 1 N–H and O–H groups in total. The van der Waals surface area contributed by atoms with E-state index in [-0.39, 0.29) is 12.0 Å². The predicted molar refractivity (Wildman–Crippen MR) is 112 cm³/mol. The molecule has 5 heteroatoms. The quantitative estimate of drug-likeness (QED) is 0.708. The maximum atomic E-state index is 11.6. The molecule has 0 radical (unpaired) electrons. The molecule has 0 bridgehead atoms. The van der Waals surface area contributed by atoms with Gasteiger partial charge in [0, 0.05) is 17.1 Å². The number of aliphatic carboxylic acids is 1. The van der Waals surface area contributed by atoms with Crippen LogP contribution in [0.5, 0.6) is 5.75 Å². The Balaban J connectivity index is 2.06. The Labute approximate surface area is 172 Å². The Hall–Kier alpha value is -2.04. The zero-order valence-electron chi connectivity index (χ0n) is 16.7. The number of benzene rings is 2. The van der Waals surface area contributed by atoms with Gasteiger partial charge in [0.05, 0.1) is 19.1 Å². The van der Waals surface area contributed by atoms with Gasteiger partial charge >= 0.3 is 5.97 Å². The summed E-state index contributed by atoms with van der Waals surface area (Å²) in [6, 6.07) is 14.1. The van der Waals surface area contributed by atoms with Crippen LogP contribution in [0.15, 0.2) is 42.5 Å². The number of piperidine rings is 1. The summed E-state index contributed by atoms with van der Waals surface area (Å²) >= 11 is 6.32. The Morgan fingerprint density at radius 1 is 1.18 bits per heavy atom. The van der Waals surface area contributed by atoms with Crippen molar-refractivity contribution < 1.29 is 14.6 Å². The fourth-order valence-electron chi connectivity index (χ4n) is 4.01. The molecule has 3 rings (SSSR count). The van der Waals surface area contributed by atoms with Crippen molar-refractivity contribution in [2.45, 2.75) is 38.6 Å². The molecule has 28 heavy (non-hydrogen) atoms. The predicted octanol–water partition coefficient (Wildman–Crippen LogP) is 5.36. The number of rotatable bonds is 6. The zero-order chi connectivity index (χ0) is 20.3. The fraction of sp³-hybridized carbons (Fsp3) is 0.435. The SMILES string of the molecule is COc1ccc(Cl)cc1C(c1ccc(C(C)C)cc1)N1CCCC(C(=O)O)C1. The maximum Gasteiger partial charge on any atom is 0.307 e. The average Bonchev–Trinajstić information content (AvgIpc) is 2.69. The molecule has 1 heterocycles. The molecule has 0 amide bonds. The van der Waals surface area contributed by atoms with Crippen molar-refractivity contribution in [3.63, 3.8) is 0 Å². The van der Waals surface area contributed by atoms with E-state index in [1.165, 1.54) is 5.56 Å². The third-order valence-electron chi connectivity index (χ3n) is 5.57. The average molecular weight is 402 g/mol. The van der Waals surface area contributed by atoms with Gasteiger partial charge in [-0.05, 0) is 54.6 Å². The number of ether oxygens (including phenoxy) is 1. The highest BCUT2D eigenvalue weighted by atomic mass is 35.5. The largest absolute Gasteiger partial charge is 0.496 e. The maximum absolute atomic E-state index is 11.6. The highest BCUT2D eigenvalue weighted by Crippen LogP contribution is 2.38. The number of carbonyl (C=O) groups is 1. The van der Waals surface area contributed by atoms with Crippen LogP contribution in [-0.4, -0.2) is 36.2 Å². The van der Waals surface area contributed by atoms with Gasteiger partial charge in [-0.25, -0.2) is 0 Å². The van der Waals surface area contributed by atoms with Gasteiger partial charge in [0.1, 0.15) is 5.75 Å². The van der Waals surface area contributed by atoms with E-state index in [9.17, 15) is 9.90 Å². The normalized spacial score (nSPS) is 18.8. The van der Waals surface area contributed by atoms with Crippen LogP contribution in [0.1, 0.15) is 55.3 Å². The van der Waals surface area contributed by atoms with Gasteiger partial charge in [-0.3, -0.25) is 9.69 Å². The van der Waals surface area contributed by atoms with E-state index in [1.807, 2.05) is 18.2 Å². The zero-order valence-corrected chi connectivity index (χ0v) is 17.4. The minimum absolute atomic E-state index is 0.1000. The monoisotopic (exact) mass is 401 g/mol. The number of methoxy groups -OCH3 is 1. The number of carboxylic acid groups (broad SMARTS) is 1. The molecule has 2 aromatic carbocycles. The van der Waals surface area contributed by atoms with Crippen molar-refractivity contribution in [2.75, 3.05) is 20.2 Å². The lowest BCUT2D eigenvalue weighted by Crippen LogP contribution is -2.41. The molecule has 1 fully saturated rings. The summed E-state index contributed by atoms with van der Waals surface area (Å²) in [5.74, 6) is 0.146. The van der Waals surface area contributed by atoms with Crippen LogP contribution < -0.4 is 4.74 Å². The Morgan fingerprint density at radius 3 is 2.46 bits per heavy atom. The molecular formula is C23H28ClNO3. The highest BCUT2D eigenvalue weighted by Gasteiger charge is 2.32. The molecule has 4 nitrogen and oxygen atoms in total. The van der Waals surface area contributed by atoms with Gasteiger partial charge < -0.3 is 9.84 Å². The molecule has 1 aliphatic heterocycles. The summed E-state index contributed by atoms with van der Waals surface area (Å²) in [5, 5.41) is 10.2. The Morgan fingerprint density at radius 2 is 1.86 bits per heavy atom. The third kappa shape index (κ3) is 4.50. The highest BCUT2D eigenvalue weighted by molar-refractivity contribution is 6.30. The summed E-state index contributed by atoms with van der Waals surface area (Å²) in [6.45, 7) is 5.71. The van der Waals surface area contributed by atoms with Gasteiger partial charge in [0.25, 0.3) is 0 Å². The number of carboxylic acids is 1. The number of likely N-dealkylation sites (tertiary alicyclic amines) is 1. The van der Waals surface area contributed by atoms with Crippen molar-refractivity contribution in [3.05, 3.63) is 64.2 Å². The van der Waals surface area contributed by atoms with Crippen molar-refractivity contribution in [2.24, 2.45) is 5.92 Å². The molecule has 0 aliphatic carbocycles. The minimum atomic E-state index is -0.725. The Bertz CT molecular complexity index is 819. The second-order valence-electron chi connectivity index (χ2n) is 7.78. The molecule has 2 aromatic rings. The van der Waals surface area contributed by atoms with E-state index in [2.05, 4.69) is 43.0 Å². The summed E-state index contributed by atoms with van der Waals surface area (Å²) < 4.78 is 5.63. The molecule has 0 saturated carbocycles. The molecule has 1 saturated heterocycles. The summed E-state index contributed by atoms with van der Waals surface area (Å²) in [5.41, 5.74) is 3.37. The van der Waals surface area contributed by atoms with E-state index in [0.29, 0.717) is 17.5 Å². The molecule has 0 spiro atoms. The van der Waals surface area contributed by atoms with Crippen LogP contribution in [-0.2, 0) is 4.79 Å². The van der Waals surface area contributed by atoms with Crippen LogP contribution in [0, 0.1) is 5.92 Å². The van der Waals surface area contributed by atoms with E-state index >= 15 is 0 Å². The van der Waals surface area contributed by atoms with E-state index in [1.54, 1.807) is 7.11 Å². The standard InChI is InChI=1S/C23H28ClNO3/c1-15(2)16-6-8-17(9-7-16)22(20-13-19(24)10-11-21(20)28-3)25-12-4-5-18(14-25)23(26)27/h6-11,13,15,18,22H,4-5,12,14H2,1-3H3,(H,26,27). The van der Waals surface area contributed by atoms with Crippen molar-refractivity contribution in [3.8, 4) is 5.75 Å². The van der Waals surface area contributed by atoms with Crippen LogP contribution in [0.4, 0.5) is 0 Å². The molecule has 150 valence electrons. The first-order valence-electron chi connectivity index (χ1n) is 9.81. The summed E-state index contributed by atoms with van der Waals surface area (Å²) in [4.78, 5) is 13.9. The number of nitrogens with zero attached hydrogens (tertiary/aromatic N) is 1. The lowest BCUT2D eigenvalue weighted by molar-refractivity contribution is -0.143. The number of halogens is 1. The third-order valence-corrected chi connectivity index (χ3v) is 5.81. The van der Waals surface area contributed by atoms with E-state index < -0.39 is 5.97 Å². The van der Waals surface area contributed by atoms with Crippen molar-refractivity contribution in [1.82, 2.24) is 4.90 Å². The van der Waals surface area contributed by atoms with Crippen LogP contribution >= 0.6 is 11.6 Å². The lowest BCUT2D eigenvalue weighted by atomic mass is 9.90. The topological polar surface area (TPSA) is 49.8 Å². The van der Waals surface area contributed by atoms with Crippen LogP contribution in [0.2, 0.25) is 5.02 Å². The lowest BCUT2D eigenvalue weighted by Gasteiger charge is -2.38.